The maximum Gasteiger partial charge on any atom is 0.303 e. The number of rotatable bonds is 5. The van der Waals surface area contributed by atoms with E-state index in [2.05, 4.69) is 10.0 Å². The molecule has 10 heteroatoms. The quantitative estimate of drug-likeness (QED) is 0.710. The van der Waals surface area contributed by atoms with Crippen molar-refractivity contribution in [3.8, 4) is 0 Å². The van der Waals surface area contributed by atoms with Crippen molar-refractivity contribution >= 4 is 27.6 Å². The Kier molecular flexibility index (Phi) is 6.48. The molecule has 0 radical (unpaired) electrons. The fraction of sp³-hybridized carbons (Fsp3) is 0.467. The molecule has 1 saturated heterocycles. The molecule has 1 aliphatic rings. The van der Waals surface area contributed by atoms with Gasteiger partial charge in [-0.15, -0.1) is 0 Å². The first-order valence-electron chi connectivity index (χ1n) is 7.50. The van der Waals surface area contributed by atoms with E-state index < -0.39 is 28.1 Å². The Bertz CT molecular complexity index is 718. The number of carbonyl (C=O) groups excluding carboxylic acids is 2. The summed E-state index contributed by atoms with van der Waals surface area (Å²) in [5.74, 6) is -0.798. The van der Waals surface area contributed by atoms with Crippen LogP contribution in [0.4, 0.5) is 5.69 Å². The van der Waals surface area contributed by atoms with Crippen LogP contribution < -0.4 is 10.0 Å². The first kappa shape index (κ1) is 19.3. The van der Waals surface area contributed by atoms with Gasteiger partial charge in [0.25, 0.3) is 0 Å². The summed E-state index contributed by atoms with van der Waals surface area (Å²) in [6.45, 7) is 2.60. The minimum atomic E-state index is -3.88. The molecule has 1 aromatic rings. The van der Waals surface area contributed by atoms with Crippen molar-refractivity contribution in [1.82, 2.24) is 4.72 Å². The Labute approximate surface area is 145 Å². The number of hydrogen-bond acceptors (Lipinski definition) is 7. The maximum absolute atomic E-state index is 12.5. The maximum atomic E-state index is 12.5. The number of sulfonamides is 1. The number of amides is 1. The predicted molar refractivity (Wildman–Crippen MR) is 87.2 cm³/mol. The highest BCUT2D eigenvalue weighted by Gasteiger charge is 2.31. The summed E-state index contributed by atoms with van der Waals surface area (Å²) < 4.78 is 43.0. The van der Waals surface area contributed by atoms with Crippen LogP contribution in [0.2, 0.25) is 0 Å². The second-order valence-corrected chi connectivity index (χ2v) is 7.15. The molecule has 138 valence electrons. The number of ether oxygens (including phenoxy) is 3. The lowest BCUT2D eigenvalue weighted by Gasteiger charge is -2.24. The Morgan fingerprint density at radius 2 is 1.76 bits per heavy atom. The van der Waals surface area contributed by atoms with Crippen LogP contribution in [0.5, 0.6) is 0 Å². The lowest BCUT2D eigenvalue weighted by molar-refractivity contribution is -0.150. The number of anilines is 1. The van der Waals surface area contributed by atoms with Gasteiger partial charge in [0.1, 0.15) is 12.9 Å². The zero-order chi connectivity index (χ0) is 18.4. The van der Waals surface area contributed by atoms with Crippen molar-refractivity contribution in [2.45, 2.75) is 30.9 Å². The summed E-state index contributed by atoms with van der Waals surface area (Å²) in [6, 6.07) is 4.90. The van der Waals surface area contributed by atoms with Gasteiger partial charge >= 0.3 is 5.97 Å². The molecule has 0 bridgehead atoms. The Balaban J connectivity index is 2.14. The normalized spacial score (nSPS) is 21.2. The van der Waals surface area contributed by atoms with Gasteiger partial charge in [0, 0.05) is 19.5 Å². The van der Waals surface area contributed by atoms with Crippen molar-refractivity contribution in [3.05, 3.63) is 24.3 Å². The van der Waals surface area contributed by atoms with Gasteiger partial charge in [-0.2, -0.15) is 0 Å². The molecular weight excluding hydrogens is 352 g/mol. The molecule has 9 nitrogen and oxygen atoms in total. The van der Waals surface area contributed by atoms with Gasteiger partial charge < -0.3 is 19.5 Å². The smallest absolute Gasteiger partial charge is 0.303 e. The highest BCUT2D eigenvalue weighted by molar-refractivity contribution is 7.89. The van der Waals surface area contributed by atoms with Gasteiger partial charge in [-0.3, -0.25) is 9.59 Å². The topological polar surface area (TPSA) is 120 Å². The largest absolute Gasteiger partial charge is 0.458 e. The van der Waals surface area contributed by atoms with Crippen LogP contribution in [-0.2, 0) is 33.8 Å². The monoisotopic (exact) mass is 372 g/mol. The Morgan fingerprint density at radius 1 is 1.12 bits per heavy atom. The van der Waals surface area contributed by atoms with E-state index in [9.17, 15) is 18.0 Å². The average Bonchev–Trinajstić information content (AvgIpc) is 2.72. The van der Waals surface area contributed by atoms with Crippen molar-refractivity contribution in [1.29, 1.82) is 0 Å². The zero-order valence-electron chi connectivity index (χ0n) is 13.9. The fourth-order valence-corrected chi connectivity index (χ4v) is 3.50. The van der Waals surface area contributed by atoms with Crippen molar-refractivity contribution < 1.29 is 32.2 Å². The molecule has 25 heavy (non-hydrogen) atoms. The number of hydrogen-bond donors (Lipinski definition) is 2. The molecule has 1 aliphatic heterocycles. The molecule has 0 aromatic heterocycles. The van der Waals surface area contributed by atoms with E-state index in [1.54, 1.807) is 0 Å². The molecule has 2 N–H and O–H groups in total. The summed E-state index contributed by atoms with van der Waals surface area (Å²) >= 11 is 0. The van der Waals surface area contributed by atoms with E-state index in [1.807, 2.05) is 0 Å². The van der Waals surface area contributed by atoms with E-state index in [4.69, 9.17) is 14.2 Å². The number of carbonyl (C=O) groups is 2. The van der Waals surface area contributed by atoms with Crippen LogP contribution in [0.3, 0.4) is 0 Å². The molecule has 2 rings (SSSR count). The van der Waals surface area contributed by atoms with Gasteiger partial charge in [-0.1, -0.05) is 0 Å². The molecule has 1 aromatic carbocycles. The second-order valence-electron chi connectivity index (χ2n) is 5.44. The van der Waals surface area contributed by atoms with Crippen LogP contribution in [0, 0.1) is 0 Å². The third kappa shape index (κ3) is 5.78. The third-order valence-electron chi connectivity index (χ3n) is 3.30. The van der Waals surface area contributed by atoms with E-state index in [-0.39, 0.29) is 30.8 Å². The van der Waals surface area contributed by atoms with Crippen LogP contribution in [0.15, 0.2) is 29.2 Å². The van der Waals surface area contributed by atoms with E-state index in [0.717, 1.165) is 0 Å². The van der Waals surface area contributed by atoms with Gasteiger partial charge in [0.15, 0.2) is 0 Å². The summed E-state index contributed by atoms with van der Waals surface area (Å²) in [5, 5.41) is 2.55. The molecular formula is C15H20N2O7S. The molecule has 1 fully saturated rings. The van der Waals surface area contributed by atoms with Crippen molar-refractivity contribution in [2.75, 3.05) is 25.3 Å². The lowest BCUT2D eigenvalue weighted by atomic mass is 10.2. The number of esters is 1. The summed E-state index contributed by atoms with van der Waals surface area (Å²) in [4.78, 5) is 22.2. The zero-order valence-corrected chi connectivity index (χ0v) is 14.7. The SMILES string of the molecule is CC(=O)Nc1ccc(S(=O)(=O)NC2COCOCC2OC(C)=O)cc1. The van der Waals surface area contributed by atoms with Crippen LogP contribution in [0.1, 0.15) is 13.8 Å². The summed E-state index contributed by atoms with van der Waals surface area (Å²) in [7, 11) is -3.88. The molecule has 2 atom stereocenters. The molecule has 1 amide bonds. The van der Waals surface area contributed by atoms with Crippen LogP contribution >= 0.6 is 0 Å². The second kappa shape index (κ2) is 8.39. The minimum absolute atomic E-state index is 0.00114. The highest BCUT2D eigenvalue weighted by atomic mass is 32.2. The van der Waals surface area contributed by atoms with Crippen molar-refractivity contribution in [3.63, 3.8) is 0 Å². The van der Waals surface area contributed by atoms with Crippen molar-refractivity contribution in [2.24, 2.45) is 0 Å². The molecule has 0 saturated carbocycles. The van der Waals surface area contributed by atoms with Gasteiger partial charge in [0.2, 0.25) is 15.9 Å². The van der Waals surface area contributed by atoms with E-state index in [1.165, 1.54) is 38.1 Å². The molecule has 0 spiro atoms. The standard InChI is InChI=1S/C15H20N2O7S/c1-10(18)16-12-3-5-13(6-4-12)25(20,21)17-14-7-22-9-23-8-15(14)24-11(2)19/h3-6,14-15,17H,7-9H2,1-2H3,(H,16,18). The first-order valence-corrected chi connectivity index (χ1v) is 8.99. The van der Waals surface area contributed by atoms with E-state index in [0.29, 0.717) is 5.69 Å². The Morgan fingerprint density at radius 3 is 2.36 bits per heavy atom. The van der Waals surface area contributed by atoms with E-state index >= 15 is 0 Å². The van der Waals surface area contributed by atoms with Gasteiger partial charge in [0.05, 0.1) is 24.2 Å². The molecule has 2 unspecified atom stereocenters. The fourth-order valence-electron chi connectivity index (χ4n) is 2.25. The predicted octanol–water partition coefficient (Wildman–Crippen LogP) is 0.228. The summed E-state index contributed by atoms with van der Waals surface area (Å²) in [6.07, 6.45) is -0.798. The van der Waals surface area contributed by atoms with Crippen LogP contribution in [-0.4, -0.2) is 52.4 Å². The Hall–Kier alpha value is -2.01. The van der Waals surface area contributed by atoms with Gasteiger partial charge in [-0.05, 0) is 24.3 Å². The molecule has 0 aliphatic carbocycles. The minimum Gasteiger partial charge on any atom is -0.458 e. The lowest BCUT2D eigenvalue weighted by Crippen LogP contribution is -2.48. The van der Waals surface area contributed by atoms with Crippen LogP contribution in [0.25, 0.3) is 0 Å². The summed E-state index contributed by atoms with van der Waals surface area (Å²) in [5.41, 5.74) is 0.482. The number of benzene rings is 1. The first-order chi connectivity index (χ1) is 11.8. The number of nitrogens with one attached hydrogen (secondary N) is 2. The highest BCUT2D eigenvalue weighted by Crippen LogP contribution is 2.16. The van der Waals surface area contributed by atoms with Gasteiger partial charge in [-0.25, -0.2) is 13.1 Å². The average molecular weight is 372 g/mol. The molecule has 1 heterocycles. The third-order valence-corrected chi connectivity index (χ3v) is 4.81.